The molecule has 2 aliphatic heterocycles. The van der Waals surface area contributed by atoms with Crippen LogP contribution in [0.25, 0.3) is 11.0 Å². The van der Waals surface area contributed by atoms with E-state index in [2.05, 4.69) is 4.90 Å². The molecule has 3 heterocycles. The molecule has 5 rings (SSSR count). The lowest BCUT2D eigenvalue weighted by molar-refractivity contribution is -0.129. The Morgan fingerprint density at radius 3 is 2.67 bits per heavy atom. The summed E-state index contributed by atoms with van der Waals surface area (Å²) in [5.41, 5.74) is 1.11. The van der Waals surface area contributed by atoms with Gasteiger partial charge in [-0.15, -0.1) is 0 Å². The number of ether oxygens (including phenoxy) is 3. The highest BCUT2D eigenvalue weighted by Crippen LogP contribution is 2.41. The predicted octanol–water partition coefficient (Wildman–Crippen LogP) is 4.53. The molecule has 2 aromatic carbocycles. The highest BCUT2D eigenvalue weighted by molar-refractivity contribution is 6.16. The first-order valence-electron chi connectivity index (χ1n) is 13.4. The predicted molar refractivity (Wildman–Crippen MR) is 145 cm³/mol. The van der Waals surface area contributed by atoms with Gasteiger partial charge in [-0.1, -0.05) is 31.2 Å². The van der Waals surface area contributed by atoms with E-state index in [-0.39, 0.29) is 11.3 Å². The van der Waals surface area contributed by atoms with Crippen LogP contribution >= 0.6 is 0 Å². The topological polar surface area (TPSA) is 102 Å². The van der Waals surface area contributed by atoms with Crippen LogP contribution < -0.4 is 9.47 Å². The summed E-state index contributed by atoms with van der Waals surface area (Å²) in [6.07, 6.45) is 1.53. The molecule has 1 atom stereocenters. The fourth-order valence-corrected chi connectivity index (χ4v) is 5.19. The number of benzene rings is 2. The van der Waals surface area contributed by atoms with Gasteiger partial charge in [0.2, 0.25) is 5.78 Å². The maximum atomic E-state index is 13.9. The van der Waals surface area contributed by atoms with E-state index >= 15 is 0 Å². The van der Waals surface area contributed by atoms with Crippen molar-refractivity contribution in [3.05, 3.63) is 71.2 Å². The van der Waals surface area contributed by atoms with Gasteiger partial charge in [-0.25, -0.2) is 0 Å². The molecular weight excluding hydrogens is 500 g/mol. The average molecular weight is 535 g/mol. The first-order chi connectivity index (χ1) is 19.0. The van der Waals surface area contributed by atoms with E-state index in [1.807, 2.05) is 43.3 Å². The molecule has 206 valence electrons. The van der Waals surface area contributed by atoms with E-state index in [9.17, 15) is 14.7 Å². The lowest BCUT2D eigenvalue weighted by Crippen LogP contribution is -2.39. The molecule has 1 amide bonds. The SMILES string of the molecule is CCCOc1cccc(C2C(C(=O)c3cc4cccc(OC)c4o3)=C(O)C(=O)N2CCCN2CCOCC2)c1. The molecule has 0 saturated carbocycles. The highest BCUT2D eigenvalue weighted by Gasteiger charge is 2.44. The standard InChI is InChI=1S/C30H34N2O7/c1-3-15-38-22-9-4-7-20(18-22)26-25(27(33)24-19-21-8-5-10-23(36-2)29(21)39-24)28(34)30(35)32(26)12-6-11-31-13-16-37-17-14-31/h4-5,7-10,18-19,26,34H,3,6,11-17H2,1-2H3. The average Bonchev–Trinajstić information content (AvgIpc) is 3.51. The number of amides is 1. The number of ketones is 1. The van der Waals surface area contributed by atoms with Crippen LogP contribution in [0.2, 0.25) is 0 Å². The van der Waals surface area contributed by atoms with Crippen molar-refractivity contribution >= 4 is 22.7 Å². The summed E-state index contributed by atoms with van der Waals surface area (Å²) in [5, 5.41) is 11.8. The summed E-state index contributed by atoms with van der Waals surface area (Å²) in [7, 11) is 1.53. The van der Waals surface area contributed by atoms with Crippen molar-refractivity contribution in [2.75, 3.05) is 53.1 Å². The summed E-state index contributed by atoms with van der Waals surface area (Å²) in [4.78, 5) is 31.2. The van der Waals surface area contributed by atoms with Crippen molar-refractivity contribution in [1.82, 2.24) is 9.80 Å². The van der Waals surface area contributed by atoms with Crippen LogP contribution in [0.5, 0.6) is 11.5 Å². The number of morpholine rings is 1. The number of rotatable bonds is 11. The van der Waals surface area contributed by atoms with Crippen LogP contribution in [0.4, 0.5) is 0 Å². The summed E-state index contributed by atoms with van der Waals surface area (Å²) in [5.74, 6) is -0.499. The van der Waals surface area contributed by atoms with E-state index < -0.39 is 23.5 Å². The number of aliphatic hydroxyl groups excluding tert-OH is 1. The molecule has 1 N–H and O–H groups in total. The lowest BCUT2D eigenvalue weighted by atomic mass is 9.94. The molecule has 1 saturated heterocycles. The van der Waals surface area contributed by atoms with E-state index in [4.69, 9.17) is 18.6 Å². The van der Waals surface area contributed by atoms with Gasteiger partial charge in [0.05, 0.1) is 38.5 Å². The van der Waals surface area contributed by atoms with Crippen LogP contribution in [-0.2, 0) is 9.53 Å². The number of Topliss-reactive ketones (excluding diaryl/α,β-unsaturated/α-hetero) is 1. The normalized spacial score (nSPS) is 18.3. The van der Waals surface area contributed by atoms with Gasteiger partial charge in [-0.05, 0) is 42.7 Å². The van der Waals surface area contributed by atoms with Gasteiger partial charge in [0.15, 0.2) is 22.9 Å². The summed E-state index contributed by atoms with van der Waals surface area (Å²) >= 11 is 0. The van der Waals surface area contributed by atoms with Crippen molar-refractivity contribution in [2.45, 2.75) is 25.8 Å². The Morgan fingerprint density at radius 2 is 1.90 bits per heavy atom. The van der Waals surface area contributed by atoms with Crippen molar-refractivity contribution < 1.29 is 33.3 Å². The largest absolute Gasteiger partial charge is 0.503 e. The van der Waals surface area contributed by atoms with E-state index in [1.54, 1.807) is 17.0 Å². The number of carbonyl (C=O) groups excluding carboxylic acids is 2. The minimum atomic E-state index is -0.782. The van der Waals surface area contributed by atoms with Gasteiger partial charge in [-0.3, -0.25) is 14.5 Å². The lowest BCUT2D eigenvalue weighted by Gasteiger charge is -2.30. The molecule has 1 unspecified atom stereocenters. The summed E-state index contributed by atoms with van der Waals surface area (Å²) < 4.78 is 22.6. The monoisotopic (exact) mass is 534 g/mol. The van der Waals surface area contributed by atoms with E-state index in [0.717, 1.165) is 26.1 Å². The second-order valence-corrected chi connectivity index (χ2v) is 9.71. The molecule has 1 aromatic heterocycles. The molecule has 9 nitrogen and oxygen atoms in total. The van der Waals surface area contributed by atoms with Gasteiger partial charge in [0, 0.05) is 31.6 Å². The Labute approximate surface area is 227 Å². The molecular formula is C30H34N2O7. The minimum absolute atomic E-state index is 0.00274. The Bertz CT molecular complexity index is 1370. The van der Waals surface area contributed by atoms with Gasteiger partial charge < -0.3 is 28.6 Å². The third-order valence-corrected chi connectivity index (χ3v) is 7.12. The van der Waals surface area contributed by atoms with Crippen molar-refractivity contribution in [3.63, 3.8) is 0 Å². The number of hydrogen-bond donors (Lipinski definition) is 1. The number of nitrogens with zero attached hydrogens (tertiary/aromatic N) is 2. The molecule has 3 aromatic rings. The number of furan rings is 1. The Kier molecular flexibility index (Phi) is 8.18. The second kappa shape index (κ2) is 11.9. The fourth-order valence-electron chi connectivity index (χ4n) is 5.19. The molecule has 0 aliphatic carbocycles. The maximum absolute atomic E-state index is 13.9. The Hall–Kier alpha value is -3.82. The van der Waals surface area contributed by atoms with Gasteiger partial charge in [-0.2, -0.15) is 0 Å². The number of hydrogen-bond acceptors (Lipinski definition) is 8. The summed E-state index contributed by atoms with van der Waals surface area (Å²) in [6.45, 7) is 6.80. The zero-order valence-corrected chi connectivity index (χ0v) is 22.4. The number of carbonyl (C=O) groups is 2. The van der Waals surface area contributed by atoms with Crippen molar-refractivity contribution in [2.24, 2.45) is 0 Å². The third-order valence-electron chi connectivity index (χ3n) is 7.12. The van der Waals surface area contributed by atoms with Crippen LogP contribution in [-0.4, -0.2) is 79.7 Å². The summed E-state index contributed by atoms with van der Waals surface area (Å²) in [6, 6.07) is 13.6. The second-order valence-electron chi connectivity index (χ2n) is 9.71. The zero-order valence-electron chi connectivity index (χ0n) is 22.4. The molecule has 0 spiro atoms. The van der Waals surface area contributed by atoms with Crippen LogP contribution in [0.15, 0.2) is 64.3 Å². The molecule has 39 heavy (non-hydrogen) atoms. The van der Waals surface area contributed by atoms with Gasteiger partial charge >= 0.3 is 0 Å². The van der Waals surface area contributed by atoms with Crippen molar-refractivity contribution in [3.8, 4) is 11.5 Å². The smallest absolute Gasteiger partial charge is 0.290 e. The van der Waals surface area contributed by atoms with Gasteiger partial charge in [0.25, 0.3) is 5.91 Å². The number of aliphatic hydroxyl groups is 1. The third kappa shape index (κ3) is 5.51. The quantitative estimate of drug-likeness (QED) is 0.358. The number of para-hydroxylation sites is 1. The molecule has 0 radical (unpaired) electrons. The van der Waals surface area contributed by atoms with Crippen LogP contribution in [0, 0.1) is 0 Å². The highest BCUT2D eigenvalue weighted by atomic mass is 16.5. The molecule has 9 heteroatoms. The molecule has 2 aliphatic rings. The number of fused-ring (bicyclic) bond motifs is 1. The minimum Gasteiger partial charge on any atom is -0.503 e. The molecule has 0 bridgehead atoms. The Morgan fingerprint density at radius 1 is 1.10 bits per heavy atom. The number of methoxy groups -OCH3 is 1. The van der Waals surface area contributed by atoms with E-state index in [1.165, 1.54) is 7.11 Å². The Balaban J connectivity index is 1.48. The van der Waals surface area contributed by atoms with Crippen LogP contribution in [0.3, 0.4) is 0 Å². The van der Waals surface area contributed by atoms with E-state index in [0.29, 0.717) is 60.8 Å². The fraction of sp³-hybridized carbons (Fsp3) is 0.400. The van der Waals surface area contributed by atoms with Crippen molar-refractivity contribution in [1.29, 1.82) is 0 Å². The zero-order chi connectivity index (χ0) is 27.4. The van der Waals surface area contributed by atoms with Crippen LogP contribution in [0.1, 0.15) is 41.9 Å². The first kappa shape index (κ1) is 26.8. The first-order valence-corrected chi connectivity index (χ1v) is 13.4. The van der Waals surface area contributed by atoms with Gasteiger partial charge in [0.1, 0.15) is 5.75 Å². The molecule has 1 fully saturated rings. The maximum Gasteiger partial charge on any atom is 0.290 e.